The highest BCUT2D eigenvalue weighted by atomic mass is 32.2. The standard InChI is InChI=1S/C22H34N6O3S/c1-24(2)11-12-25-13-15-26(16-14-25)22(29)20-19-8-4-5-10-28(19)21(23-20)18-7-6-9-27(17-18)32(3,30)31/h4-5,8,10,18H,6-7,9,11-17H2,1-3H3. The van der Waals surface area contributed by atoms with Crippen LogP contribution in [0.1, 0.15) is 35.1 Å². The Kier molecular flexibility index (Phi) is 6.85. The molecule has 10 heteroatoms. The van der Waals surface area contributed by atoms with E-state index in [2.05, 4.69) is 23.9 Å². The summed E-state index contributed by atoms with van der Waals surface area (Å²) in [5.41, 5.74) is 1.26. The van der Waals surface area contributed by atoms with Crippen molar-refractivity contribution in [3.05, 3.63) is 35.9 Å². The molecule has 2 saturated heterocycles. The molecule has 1 amide bonds. The molecule has 2 fully saturated rings. The molecule has 2 aliphatic heterocycles. The number of carbonyl (C=O) groups excluding carboxylic acids is 1. The first-order valence-electron chi connectivity index (χ1n) is 11.3. The Morgan fingerprint density at radius 2 is 1.91 bits per heavy atom. The summed E-state index contributed by atoms with van der Waals surface area (Å²) in [5.74, 6) is 0.711. The molecule has 0 saturated carbocycles. The van der Waals surface area contributed by atoms with Crippen molar-refractivity contribution in [3.8, 4) is 0 Å². The van der Waals surface area contributed by atoms with Gasteiger partial charge in [-0.25, -0.2) is 17.7 Å². The fourth-order valence-electron chi connectivity index (χ4n) is 4.63. The number of carbonyl (C=O) groups is 1. The van der Waals surface area contributed by atoms with Gasteiger partial charge in [-0.3, -0.25) is 9.69 Å². The minimum Gasteiger partial charge on any atom is -0.335 e. The number of piperazine rings is 1. The third-order valence-electron chi connectivity index (χ3n) is 6.52. The van der Waals surface area contributed by atoms with Crippen molar-refractivity contribution in [1.29, 1.82) is 0 Å². The van der Waals surface area contributed by atoms with E-state index in [4.69, 9.17) is 4.98 Å². The van der Waals surface area contributed by atoms with Crippen molar-refractivity contribution in [3.63, 3.8) is 0 Å². The van der Waals surface area contributed by atoms with Crippen LogP contribution in [0.5, 0.6) is 0 Å². The number of amides is 1. The molecule has 9 nitrogen and oxygen atoms in total. The summed E-state index contributed by atoms with van der Waals surface area (Å²) < 4.78 is 27.7. The number of likely N-dealkylation sites (N-methyl/N-ethyl adjacent to an activating group) is 1. The summed E-state index contributed by atoms with van der Waals surface area (Å²) >= 11 is 0. The number of rotatable bonds is 6. The number of pyridine rings is 1. The molecule has 0 N–H and O–H groups in total. The maximum absolute atomic E-state index is 13.4. The Bertz CT molecular complexity index is 1060. The monoisotopic (exact) mass is 462 g/mol. The summed E-state index contributed by atoms with van der Waals surface area (Å²) in [7, 11) is 0.895. The normalized spacial score (nSPS) is 21.5. The van der Waals surface area contributed by atoms with Crippen LogP contribution in [0.4, 0.5) is 0 Å². The van der Waals surface area contributed by atoms with E-state index in [1.807, 2.05) is 33.7 Å². The van der Waals surface area contributed by atoms with Crippen LogP contribution in [0.25, 0.3) is 5.52 Å². The van der Waals surface area contributed by atoms with Gasteiger partial charge in [0.25, 0.3) is 5.91 Å². The van der Waals surface area contributed by atoms with Crippen molar-refractivity contribution in [2.45, 2.75) is 18.8 Å². The van der Waals surface area contributed by atoms with E-state index in [0.29, 0.717) is 31.9 Å². The fourth-order valence-corrected chi connectivity index (χ4v) is 5.54. The average molecular weight is 463 g/mol. The lowest BCUT2D eigenvalue weighted by atomic mass is 9.99. The highest BCUT2D eigenvalue weighted by molar-refractivity contribution is 7.88. The van der Waals surface area contributed by atoms with Crippen LogP contribution in [-0.2, 0) is 10.0 Å². The molecule has 2 aliphatic rings. The lowest BCUT2D eigenvalue weighted by Crippen LogP contribution is -2.50. The lowest BCUT2D eigenvalue weighted by Gasteiger charge is -2.35. The van der Waals surface area contributed by atoms with Gasteiger partial charge in [-0.05, 0) is 39.1 Å². The van der Waals surface area contributed by atoms with E-state index < -0.39 is 10.0 Å². The molecule has 2 aromatic rings. The number of fused-ring (bicyclic) bond motifs is 1. The van der Waals surface area contributed by atoms with E-state index in [0.717, 1.165) is 50.4 Å². The van der Waals surface area contributed by atoms with Crippen molar-refractivity contribution >= 4 is 21.4 Å². The largest absolute Gasteiger partial charge is 0.335 e. The summed E-state index contributed by atoms with van der Waals surface area (Å²) in [6.45, 7) is 6.08. The topological polar surface area (TPSA) is 81.5 Å². The number of piperidine rings is 1. The Morgan fingerprint density at radius 1 is 1.16 bits per heavy atom. The van der Waals surface area contributed by atoms with E-state index >= 15 is 0 Å². The number of hydrogen-bond acceptors (Lipinski definition) is 6. The molecule has 1 unspecified atom stereocenters. The highest BCUT2D eigenvalue weighted by Gasteiger charge is 2.32. The van der Waals surface area contributed by atoms with Crippen LogP contribution in [-0.4, -0.2) is 115 Å². The smallest absolute Gasteiger partial charge is 0.274 e. The second-order valence-electron chi connectivity index (χ2n) is 9.17. The zero-order valence-electron chi connectivity index (χ0n) is 19.3. The van der Waals surface area contributed by atoms with Gasteiger partial charge < -0.3 is 14.2 Å². The number of hydrogen-bond donors (Lipinski definition) is 0. The Balaban J connectivity index is 1.54. The molecule has 32 heavy (non-hydrogen) atoms. The molecule has 0 bridgehead atoms. The molecule has 2 aromatic heterocycles. The second-order valence-corrected chi connectivity index (χ2v) is 11.2. The number of sulfonamides is 1. The lowest BCUT2D eigenvalue weighted by molar-refractivity contribution is 0.0626. The SMILES string of the molecule is CN(C)CCN1CCN(C(=O)c2nc(C3CCCN(S(C)(=O)=O)C3)n3ccccc23)CC1. The molecule has 0 spiro atoms. The van der Waals surface area contributed by atoms with Gasteiger partial charge >= 0.3 is 0 Å². The highest BCUT2D eigenvalue weighted by Crippen LogP contribution is 2.29. The van der Waals surface area contributed by atoms with Gasteiger partial charge in [0.15, 0.2) is 5.69 Å². The second kappa shape index (κ2) is 9.46. The van der Waals surface area contributed by atoms with Gasteiger partial charge in [0.2, 0.25) is 10.0 Å². The van der Waals surface area contributed by atoms with E-state index in [1.165, 1.54) is 10.6 Å². The van der Waals surface area contributed by atoms with Gasteiger partial charge in [-0.15, -0.1) is 0 Å². The first-order chi connectivity index (χ1) is 15.2. The van der Waals surface area contributed by atoms with Gasteiger partial charge in [-0.1, -0.05) is 6.07 Å². The Labute approximate surface area is 190 Å². The van der Waals surface area contributed by atoms with Gasteiger partial charge in [0, 0.05) is 64.5 Å². The van der Waals surface area contributed by atoms with Crippen LogP contribution in [0, 0.1) is 0 Å². The zero-order valence-corrected chi connectivity index (χ0v) is 20.1. The summed E-state index contributed by atoms with van der Waals surface area (Å²) in [6.07, 6.45) is 4.83. The van der Waals surface area contributed by atoms with Crippen LogP contribution in [0.15, 0.2) is 24.4 Å². The minimum atomic E-state index is -3.25. The van der Waals surface area contributed by atoms with Crippen molar-refractivity contribution in [1.82, 2.24) is 28.4 Å². The number of nitrogens with zero attached hydrogens (tertiary/aromatic N) is 6. The maximum atomic E-state index is 13.4. The van der Waals surface area contributed by atoms with Gasteiger partial charge in [-0.2, -0.15) is 0 Å². The molecule has 0 aliphatic carbocycles. The van der Waals surface area contributed by atoms with Crippen molar-refractivity contribution in [2.24, 2.45) is 0 Å². The van der Waals surface area contributed by atoms with Crippen LogP contribution in [0.3, 0.4) is 0 Å². The molecule has 4 rings (SSSR count). The molecule has 0 radical (unpaired) electrons. The fraction of sp³-hybridized carbons (Fsp3) is 0.636. The molecule has 176 valence electrons. The summed E-state index contributed by atoms with van der Waals surface area (Å²) in [4.78, 5) is 24.7. The van der Waals surface area contributed by atoms with E-state index in [9.17, 15) is 13.2 Å². The van der Waals surface area contributed by atoms with Gasteiger partial charge in [0.05, 0.1) is 11.8 Å². The summed E-state index contributed by atoms with van der Waals surface area (Å²) in [5, 5.41) is 0. The predicted octanol–water partition coefficient (Wildman–Crippen LogP) is 0.793. The molecule has 0 aromatic carbocycles. The van der Waals surface area contributed by atoms with Crippen molar-refractivity contribution in [2.75, 3.05) is 72.7 Å². The first kappa shape index (κ1) is 23.2. The molecule has 1 atom stereocenters. The number of aromatic nitrogens is 2. The third kappa shape index (κ3) is 4.98. The van der Waals surface area contributed by atoms with E-state index in [1.54, 1.807) is 0 Å². The van der Waals surface area contributed by atoms with E-state index in [-0.39, 0.29) is 11.8 Å². The average Bonchev–Trinajstić information content (AvgIpc) is 3.17. The molecular weight excluding hydrogens is 428 g/mol. The number of imidazole rings is 1. The Hall–Kier alpha value is -2.01. The van der Waals surface area contributed by atoms with Crippen LogP contribution in [0.2, 0.25) is 0 Å². The summed E-state index contributed by atoms with van der Waals surface area (Å²) in [6, 6.07) is 5.77. The zero-order chi connectivity index (χ0) is 22.9. The molecular formula is C22H34N6O3S. The van der Waals surface area contributed by atoms with Gasteiger partial charge in [0.1, 0.15) is 5.82 Å². The quantitative estimate of drug-likeness (QED) is 0.632. The Morgan fingerprint density at radius 3 is 2.59 bits per heavy atom. The predicted molar refractivity (Wildman–Crippen MR) is 124 cm³/mol. The third-order valence-corrected chi connectivity index (χ3v) is 7.79. The van der Waals surface area contributed by atoms with Crippen molar-refractivity contribution < 1.29 is 13.2 Å². The maximum Gasteiger partial charge on any atom is 0.274 e. The first-order valence-corrected chi connectivity index (χ1v) is 13.2. The van der Waals surface area contributed by atoms with Crippen LogP contribution < -0.4 is 0 Å². The van der Waals surface area contributed by atoms with Crippen LogP contribution >= 0.6 is 0 Å². The molecule has 4 heterocycles. The minimum absolute atomic E-state index is 0.0298.